The number of alkyl halides is 1. The number of aliphatic hydroxyl groups excluding tert-OH is 1. The standard InChI is InChI=1S/C12H13BrO3/c13-11-6-4-5(6)10(3-14)8(9(10)11)7(4)12(11)15-1-2-16-12/h4-9,14H,1-3H2/t4-,5-,6-,7+,8-,9-,10-,11+/m1/s1. The molecule has 6 aliphatic carbocycles. The molecule has 0 amide bonds. The summed E-state index contributed by atoms with van der Waals surface area (Å²) in [4.78, 5) is 0. The molecule has 0 aromatic heterocycles. The van der Waals surface area contributed by atoms with Crippen molar-refractivity contribution in [3.05, 3.63) is 0 Å². The fourth-order valence-corrected chi connectivity index (χ4v) is 8.71. The van der Waals surface area contributed by atoms with Crippen LogP contribution in [0.1, 0.15) is 0 Å². The molecule has 4 heteroatoms. The van der Waals surface area contributed by atoms with Gasteiger partial charge in [-0.05, 0) is 29.6 Å². The van der Waals surface area contributed by atoms with Crippen LogP contribution in [0.5, 0.6) is 0 Å². The monoisotopic (exact) mass is 284 g/mol. The Morgan fingerprint density at radius 3 is 2.31 bits per heavy atom. The summed E-state index contributed by atoms with van der Waals surface area (Å²) in [7, 11) is 0. The van der Waals surface area contributed by atoms with Gasteiger partial charge in [-0.2, -0.15) is 0 Å². The number of halogens is 1. The second-order valence-electron chi connectivity index (χ2n) is 6.56. The highest BCUT2D eigenvalue weighted by Crippen LogP contribution is 3.04. The van der Waals surface area contributed by atoms with Gasteiger partial charge in [0.25, 0.3) is 0 Å². The molecule has 7 aliphatic rings. The Hall–Kier alpha value is 0.360. The van der Waals surface area contributed by atoms with E-state index < -0.39 is 0 Å². The molecule has 7 rings (SSSR count). The molecule has 7 fully saturated rings. The Kier molecular flexibility index (Phi) is 0.979. The zero-order valence-corrected chi connectivity index (χ0v) is 10.3. The van der Waals surface area contributed by atoms with Gasteiger partial charge in [0.05, 0.1) is 17.5 Å². The maximum Gasteiger partial charge on any atom is 0.187 e. The molecule has 0 aromatic rings. The van der Waals surface area contributed by atoms with Crippen LogP contribution in [0, 0.1) is 40.9 Å². The molecule has 1 saturated heterocycles. The van der Waals surface area contributed by atoms with Gasteiger partial charge >= 0.3 is 0 Å². The predicted octanol–water partition coefficient (Wildman–Crippen LogP) is 0.607. The molecule has 1 heterocycles. The number of hydrogen-bond donors (Lipinski definition) is 1. The highest BCUT2D eigenvalue weighted by Gasteiger charge is 3.08. The van der Waals surface area contributed by atoms with Gasteiger partial charge in [-0.1, -0.05) is 15.9 Å². The molecule has 16 heavy (non-hydrogen) atoms. The quantitative estimate of drug-likeness (QED) is 0.717. The van der Waals surface area contributed by atoms with Crippen LogP contribution in [0.4, 0.5) is 0 Å². The third-order valence-corrected chi connectivity index (χ3v) is 8.42. The van der Waals surface area contributed by atoms with Crippen molar-refractivity contribution in [1.29, 1.82) is 0 Å². The minimum Gasteiger partial charge on any atom is -0.396 e. The predicted molar refractivity (Wildman–Crippen MR) is 56.8 cm³/mol. The van der Waals surface area contributed by atoms with Gasteiger partial charge in [-0.25, -0.2) is 0 Å². The van der Waals surface area contributed by atoms with Gasteiger partial charge in [-0.3, -0.25) is 0 Å². The van der Waals surface area contributed by atoms with Gasteiger partial charge in [0.15, 0.2) is 5.79 Å². The van der Waals surface area contributed by atoms with E-state index in [1.165, 1.54) is 0 Å². The summed E-state index contributed by atoms with van der Waals surface area (Å²) in [5, 5.41) is 9.74. The van der Waals surface area contributed by atoms with Crippen molar-refractivity contribution < 1.29 is 14.6 Å². The molecule has 1 aliphatic heterocycles. The molecule has 86 valence electrons. The molecule has 8 atom stereocenters. The van der Waals surface area contributed by atoms with E-state index in [4.69, 9.17) is 9.47 Å². The van der Waals surface area contributed by atoms with E-state index in [0.717, 1.165) is 31.0 Å². The lowest BCUT2D eigenvalue weighted by atomic mass is 9.94. The maximum atomic E-state index is 9.74. The first-order chi connectivity index (χ1) is 7.75. The summed E-state index contributed by atoms with van der Waals surface area (Å²) < 4.78 is 12.1. The van der Waals surface area contributed by atoms with Crippen LogP contribution in [-0.4, -0.2) is 35.0 Å². The summed E-state index contributed by atoms with van der Waals surface area (Å²) in [5.74, 6) is 3.92. The Morgan fingerprint density at radius 1 is 1.12 bits per heavy atom. The highest BCUT2D eigenvalue weighted by atomic mass is 79.9. The smallest absolute Gasteiger partial charge is 0.187 e. The van der Waals surface area contributed by atoms with E-state index >= 15 is 0 Å². The van der Waals surface area contributed by atoms with Crippen LogP contribution < -0.4 is 0 Å². The summed E-state index contributed by atoms with van der Waals surface area (Å²) >= 11 is 4.02. The maximum absolute atomic E-state index is 9.74. The number of hydrogen-bond acceptors (Lipinski definition) is 3. The van der Waals surface area contributed by atoms with Gasteiger partial charge in [0.1, 0.15) is 0 Å². The molecule has 1 N–H and O–H groups in total. The topological polar surface area (TPSA) is 38.7 Å². The fraction of sp³-hybridized carbons (Fsp3) is 1.00. The Bertz CT molecular complexity index is 448. The van der Waals surface area contributed by atoms with Crippen LogP contribution in [0.25, 0.3) is 0 Å². The summed E-state index contributed by atoms with van der Waals surface area (Å²) in [5.41, 5.74) is 0.282. The third-order valence-electron chi connectivity index (χ3n) is 6.85. The van der Waals surface area contributed by atoms with Crippen LogP contribution >= 0.6 is 15.9 Å². The van der Waals surface area contributed by atoms with Crippen LogP contribution in [0.3, 0.4) is 0 Å². The first-order valence-corrected chi connectivity index (χ1v) is 7.12. The van der Waals surface area contributed by atoms with Crippen LogP contribution in [-0.2, 0) is 9.47 Å². The molecular formula is C12H13BrO3. The number of aliphatic hydroxyl groups is 1. The first kappa shape index (κ1) is 8.46. The first-order valence-electron chi connectivity index (χ1n) is 6.33. The minimum atomic E-state index is -0.302. The molecule has 0 radical (unpaired) electrons. The van der Waals surface area contributed by atoms with Crippen molar-refractivity contribution in [3.8, 4) is 0 Å². The van der Waals surface area contributed by atoms with Gasteiger partial charge in [0.2, 0.25) is 0 Å². The lowest BCUT2D eigenvalue weighted by molar-refractivity contribution is -0.193. The van der Waals surface area contributed by atoms with Crippen molar-refractivity contribution in [2.45, 2.75) is 10.1 Å². The number of ether oxygens (including phenoxy) is 2. The molecule has 1 spiro atoms. The molecule has 0 unspecified atom stereocenters. The summed E-state index contributed by atoms with van der Waals surface area (Å²) in [6.07, 6.45) is 0. The summed E-state index contributed by atoms with van der Waals surface area (Å²) in [6.45, 7) is 1.89. The van der Waals surface area contributed by atoms with Crippen molar-refractivity contribution >= 4 is 15.9 Å². The fourth-order valence-electron chi connectivity index (χ4n) is 6.92. The zero-order chi connectivity index (χ0) is 10.5. The lowest BCUT2D eigenvalue weighted by Crippen LogP contribution is -2.50. The van der Waals surface area contributed by atoms with Gasteiger partial charge in [-0.15, -0.1) is 0 Å². The molecule has 6 saturated carbocycles. The highest BCUT2D eigenvalue weighted by molar-refractivity contribution is 9.10. The van der Waals surface area contributed by atoms with E-state index in [1.54, 1.807) is 0 Å². The Balaban J connectivity index is 1.63. The van der Waals surface area contributed by atoms with Crippen molar-refractivity contribution in [1.82, 2.24) is 0 Å². The Labute approximate surface area is 102 Å². The van der Waals surface area contributed by atoms with Crippen LogP contribution in [0.15, 0.2) is 0 Å². The SMILES string of the molecule is OC[C@@]12[C@@H]3[C@H]4[C@H]5[C@@H]1[C@H]2[C@@](Br)([C@H]43)C51OCCO1. The van der Waals surface area contributed by atoms with Crippen molar-refractivity contribution in [2.24, 2.45) is 40.9 Å². The van der Waals surface area contributed by atoms with E-state index in [-0.39, 0.29) is 15.5 Å². The normalized spacial score (nSPS) is 77.6. The van der Waals surface area contributed by atoms with Gasteiger partial charge in [0, 0.05) is 17.9 Å². The lowest BCUT2D eigenvalue weighted by Gasteiger charge is -2.37. The third kappa shape index (κ3) is 0.428. The van der Waals surface area contributed by atoms with Crippen molar-refractivity contribution in [3.63, 3.8) is 0 Å². The summed E-state index contributed by atoms with van der Waals surface area (Å²) in [6, 6.07) is 0. The molecule has 3 nitrogen and oxygen atoms in total. The molecule has 0 aromatic carbocycles. The largest absolute Gasteiger partial charge is 0.396 e. The van der Waals surface area contributed by atoms with Gasteiger partial charge < -0.3 is 14.6 Å². The van der Waals surface area contributed by atoms with E-state index in [0.29, 0.717) is 24.4 Å². The van der Waals surface area contributed by atoms with E-state index in [9.17, 15) is 5.11 Å². The Morgan fingerprint density at radius 2 is 1.88 bits per heavy atom. The van der Waals surface area contributed by atoms with E-state index in [2.05, 4.69) is 15.9 Å². The second kappa shape index (κ2) is 1.85. The minimum absolute atomic E-state index is 0.0594. The van der Waals surface area contributed by atoms with E-state index in [1.807, 2.05) is 0 Å². The molecular weight excluding hydrogens is 272 g/mol. The average molecular weight is 285 g/mol. The zero-order valence-electron chi connectivity index (χ0n) is 8.73. The van der Waals surface area contributed by atoms with Crippen molar-refractivity contribution in [2.75, 3.05) is 19.8 Å². The molecule has 2 bridgehead atoms. The van der Waals surface area contributed by atoms with Crippen LogP contribution in [0.2, 0.25) is 0 Å². The number of rotatable bonds is 1. The average Bonchev–Trinajstić information content (AvgIpc) is 2.97. The second-order valence-corrected chi connectivity index (χ2v) is 7.87.